The van der Waals surface area contributed by atoms with Gasteiger partial charge < -0.3 is 9.64 Å². The zero-order valence-electron chi connectivity index (χ0n) is 9.23. The molecule has 1 heterocycles. The molecule has 0 aliphatic carbocycles. The van der Waals surface area contributed by atoms with Gasteiger partial charge in [-0.3, -0.25) is 4.79 Å². The minimum atomic E-state index is -0.364. The molecule has 0 aromatic heterocycles. The van der Waals surface area contributed by atoms with Gasteiger partial charge in [0.25, 0.3) is 5.91 Å². The Kier molecular flexibility index (Phi) is 2.39. The van der Waals surface area contributed by atoms with Crippen molar-refractivity contribution in [3.8, 4) is 5.75 Å². The van der Waals surface area contributed by atoms with Gasteiger partial charge in [-0.2, -0.15) is 0 Å². The maximum absolute atomic E-state index is 11.8. The van der Waals surface area contributed by atoms with Gasteiger partial charge in [-0.15, -0.1) is 0 Å². The van der Waals surface area contributed by atoms with Crippen molar-refractivity contribution in [2.45, 2.75) is 18.9 Å². The van der Waals surface area contributed by atoms with E-state index in [2.05, 4.69) is 0 Å². The van der Waals surface area contributed by atoms with Crippen molar-refractivity contribution < 1.29 is 9.53 Å². The third kappa shape index (κ3) is 1.58. The van der Waals surface area contributed by atoms with Crippen LogP contribution in [0.3, 0.4) is 0 Å². The minimum absolute atomic E-state index is 0.0266. The van der Waals surface area contributed by atoms with E-state index in [4.69, 9.17) is 4.74 Å². The Morgan fingerprint density at radius 2 is 2.00 bits per heavy atom. The van der Waals surface area contributed by atoms with Gasteiger partial charge in [-0.1, -0.05) is 25.1 Å². The molecule has 1 aliphatic rings. The Bertz CT molecular complexity index is 387. The highest BCUT2D eigenvalue weighted by Crippen LogP contribution is 2.37. The van der Waals surface area contributed by atoms with E-state index in [1.165, 1.54) is 0 Å². The third-order valence-corrected chi connectivity index (χ3v) is 2.80. The molecule has 2 unspecified atom stereocenters. The first-order valence-corrected chi connectivity index (χ1v) is 5.08. The maximum Gasteiger partial charge on any atom is 0.263 e. The van der Waals surface area contributed by atoms with Crippen molar-refractivity contribution in [3.05, 3.63) is 29.8 Å². The Morgan fingerprint density at radius 3 is 2.60 bits per heavy atom. The lowest BCUT2D eigenvalue weighted by Gasteiger charge is -2.19. The molecule has 1 aromatic carbocycles. The number of hydrogen-bond acceptors (Lipinski definition) is 2. The normalized spacial score (nSPS) is 23.1. The average Bonchev–Trinajstić information content (AvgIpc) is 2.56. The average molecular weight is 205 g/mol. The number of likely N-dealkylation sites (N-methyl/N-ethyl adjacent to an activating group) is 1. The number of carbonyl (C=O) groups excluding carboxylic acids is 1. The molecule has 1 aromatic rings. The van der Waals surface area contributed by atoms with E-state index in [1.54, 1.807) is 19.0 Å². The van der Waals surface area contributed by atoms with Crippen LogP contribution in [0.2, 0.25) is 0 Å². The second kappa shape index (κ2) is 3.57. The lowest BCUT2D eigenvalue weighted by molar-refractivity contribution is -0.136. The van der Waals surface area contributed by atoms with Crippen LogP contribution in [-0.4, -0.2) is 31.0 Å². The lowest BCUT2D eigenvalue weighted by Crippen LogP contribution is -2.38. The number of carbonyl (C=O) groups is 1. The highest BCUT2D eigenvalue weighted by molar-refractivity contribution is 5.83. The number of benzene rings is 1. The van der Waals surface area contributed by atoms with Gasteiger partial charge in [0.15, 0.2) is 6.10 Å². The number of nitrogens with zero attached hydrogens (tertiary/aromatic N) is 1. The van der Waals surface area contributed by atoms with Crippen molar-refractivity contribution in [2.75, 3.05) is 14.1 Å². The Labute approximate surface area is 89.7 Å². The summed E-state index contributed by atoms with van der Waals surface area (Å²) in [5.41, 5.74) is 1.12. The zero-order chi connectivity index (χ0) is 11.0. The molecule has 80 valence electrons. The Morgan fingerprint density at radius 1 is 1.33 bits per heavy atom. The summed E-state index contributed by atoms with van der Waals surface area (Å²) in [7, 11) is 3.50. The zero-order valence-corrected chi connectivity index (χ0v) is 9.23. The van der Waals surface area contributed by atoms with Crippen LogP contribution < -0.4 is 4.74 Å². The minimum Gasteiger partial charge on any atom is -0.480 e. The fraction of sp³-hybridized carbons (Fsp3) is 0.417. The SMILES string of the molecule is CC1c2ccccc2OC1C(=O)N(C)C. The van der Waals surface area contributed by atoms with Gasteiger partial charge in [0.05, 0.1) is 0 Å². The summed E-state index contributed by atoms with van der Waals surface area (Å²) >= 11 is 0. The van der Waals surface area contributed by atoms with Gasteiger partial charge in [-0.05, 0) is 6.07 Å². The molecule has 1 aliphatic heterocycles. The molecule has 0 spiro atoms. The van der Waals surface area contributed by atoms with Crippen LogP contribution in [0, 0.1) is 0 Å². The molecule has 1 amide bonds. The molecule has 0 saturated heterocycles. The molecule has 0 radical (unpaired) electrons. The number of rotatable bonds is 1. The van der Waals surface area contributed by atoms with Gasteiger partial charge in [0, 0.05) is 25.6 Å². The summed E-state index contributed by atoms with van der Waals surface area (Å²) in [6, 6.07) is 7.83. The van der Waals surface area contributed by atoms with E-state index in [0.29, 0.717) is 0 Å². The van der Waals surface area contributed by atoms with Crippen LogP contribution >= 0.6 is 0 Å². The lowest BCUT2D eigenvalue weighted by atomic mass is 9.97. The Balaban J connectivity index is 2.27. The van der Waals surface area contributed by atoms with Crippen LogP contribution in [0.4, 0.5) is 0 Å². The van der Waals surface area contributed by atoms with Gasteiger partial charge in [-0.25, -0.2) is 0 Å². The molecule has 0 fully saturated rings. The molecule has 0 bridgehead atoms. The largest absolute Gasteiger partial charge is 0.480 e. The molecule has 2 atom stereocenters. The highest BCUT2D eigenvalue weighted by Gasteiger charge is 2.36. The van der Waals surface area contributed by atoms with Gasteiger partial charge >= 0.3 is 0 Å². The van der Waals surface area contributed by atoms with Crippen molar-refractivity contribution in [1.82, 2.24) is 4.90 Å². The van der Waals surface area contributed by atoms with Crippen LogP contribution in [0.5, 0.6) is 5.75 Å². The topological polar surface area (TPSA) is 29.5 Å². The predicted molar refractivity (Wildman–Crippen MR) is 58.0 cm³/mol. The van der Waals surface area contributed by atoms with Crippen molar-refractivity contribution in [1.29, 1.82) is 0 Å². The molecule has 3 heteroatoms. The number of para-hydroxylation sites is 1. The first-order valence-electron chi connectivity index (χ1n) is 5.08. The standard InChI is InChI=1S/C12H15NO2/c1-8-9-6-4-5-7-10(9)15-11(8)12(14)13(2)3/h4-8,11H,1-3H3. The first-order chi connectivity index (χ1) is 7.11. The molecule has 15 heavy (non-hydrogen) atoms. The second-order valence-corrected chi connectivity index (χ2v) is 4.10. The number of amides is 1. The molecule has 0 N–H and O–H groups in total. The van der Waals surface area contributed by atoms with E-state index in [0.717, 1.165) is 11.3 Å². The van der Waals surface area contributed by atoms with Crippen LogP contribution in [0.15, 0.2) is 24.3 Å². The van der Waals surface area contributed by atoms with E-state index < -0.39 is 0 Å². The van der Waals surface area contributed by atoms with Gasteiger partial charge in [0.2, 0.25) is 0 Å². The van der Waals surface area contributed by atoms with Crippen LogP contribution in [0.1, 0.15) is 18.4 Å². The van der Waals surface area contributed by atoms with E-state index in [-0.39, 0.29) is 17.9 Å². The van der Waals surface area contributed by atoms with Crippen LogP contribution in [-0.2, 0) is 4.79 Å². The van der Waals surface area contributed by atoms with Gasteiger partial charge in [0.1, 0.15) is 5.75 Å². The van der Waals surface area contributed by atoms with E-state index >= 15 is 0 Å². The fourth-order valence-corrected chi connectivity index (χ4v) is 1.88. The second-order valence-electron chi connectivity index (χ2n) is 4.10. The summed E-state index contributed by atoms with van der Waals surface area (Å²) < 4.78 is 5.65. The predicted octanol–water partition coefficient (Wildman–Crippen LogP) is 1.64. The molecular formula is C12H15NO2. The quantitative estimate of drug-likeness (QED) is 0.697. The molecular weight excluding hydrogens is 190 g/mol. The van der Waals surface area contributed by atoms with Crippen molar-refractivity contribution >= 4 is 5.91 Å². The summed E-state index contributed by atoms with van der Waals surface area (Å²) in [5.74, 6) is 1.00. The molecule has 0 saturated carbocycles. The Hall–Kier alpha value is -1.51. The summed E-state index contributed by atoms with van der Waals surface area (Å²) in [5, 5.41) is 0. The monoisotopic (exact) mass is 205 g/mol. The van der Waals surface area contributed by atoms with Crippen LogP contribution in [0.25, 0.3) is 0 Å². The van der Waals surface area contributed by atoms with E-state index in [9.17, 15) is 4.79 Å². The number of hydrogen-bond donors (Lipinski definition) is 0. The summed E-state index contributed by atoms with van der Waals surface area (Å²) in [4.78, 5) is 13.4. The first kappa shape index (κ1) is 10.0. The highest BCUT2D eigenvalue weighted by atomic mass is 16.5. The molecule has 3 nitrogen and oxygen atoms in total. The number of fused-ring (bicyclic) bond motifs is 1. The van der Waals surface area contributed by atoms with Crippen molar-refractivity contribution in [2.24, 2.45) is 0 Å². The summed E-state index contributed by atoms with van der Waals surface area (Å²) in [6.07, 6.45) is -0.364. The summed E-state index contributed by atoms with van der Waals surface area (Å²) in [6.45, 7) is 2.03. The third-order valence-electron chi connectivity index (χ3n) is 2.80. The molecule has 2 rings (SSSR count). The smallest absolute Gasteiger partial charge is 0.263 e. The maximum atomic E-state index is 11.8. The fourth-order valence-electron chi connectivity index (χ4n) is 1.88. The number of ether oxygens (including phenoxy) is 1. The van der Waals surface area contributed by atoms with E-state index in [1.807, 2.05) is 31.2 Å². The van der Waals surface area contributed by atoms with Crippen molar-refractivity contribution in [3.63, 3.8) is 0 Å².